The van der Waals surface area contributed by atoms with Crippen LogP contribution in [0.15, 0.2) is 18.2 Å². The zero-order valence-corrected chi connectivity index (χ0v) is 10.8. The van der Waals surface area contributed by atoms with Gasteiger partial charge in [0.05, 0.1) is 5.37 Å². The highest BCUT2D eigenvalue weighted by molar-refractivity contribution is 8.00. The maximum Gasteiger partial charge on any atom is 0.404 e. The van der Waals surface area contributed by atoms with Crippen LogP contribution in [0.3, 0.4) is 0 Å². The lowest BCUT2D eigenvalue weighted by Crippen LogP contribution is -2.35. The van der Waals surface area contributed by atoms with Gasteiger partial charge in [-0.05, 0) is 31.4 Å². The highest BCUT2D eigenvalue weighted by Crippen LogP contribution is 2.55. The molecule has 2 aliphatic heterocycles. The number of halogens is 3. The molecule has 1 nitrogen and oxygen atoms in total. The Morgan fingerprint density at radius 2 is 2.11 bits per heavy atom. The van der Waals surface area contributed by atoms with Crippen molar-refractivity contribution in [3.05, 3.63) is 29.3 Å². The molecule has 0 spiro atoms. The topological polar surface area (TPSA) is 3.24 Å². The summed E-state index contributed by atoms with van der Waals surface area (Å²) in [6, 6.07) is 5.44. The fourth-order valence-electron chi connectivity index (χ4n) is 2.78. The van der Waals surface area contributed by atoms with E-state index in [0.29, 0.717) is 5.56 Å². The second-order valence-corrected chi connectivity index (χ2v) is 6.20. The van der Waals surface area contributed by atoms with Gasteiger partial charge in [0, 0.05) is 12.2 Å². The van der Waals surface area contributed by atoms with Gasteiger partial charge in [-0.3, -0.25) is 0 Å². The van der Waals surface area contributed by atoms with E-state index in [0.717, 1.165) is 42.4 Å². The lowest BCUT2D eigenvalue weighted by Gasteiger charge is -2.38. The summed E-state index contributed by atoms with van der Waals surface area (Å²) in [6.07, 6.45) is -2.33. The van der Waals surface area contributed by atoms with Gasteiger partial charge in [-0.15, -0.1) is 11.8 Å². The molecule has 0 bridgehead atoms. The van der Waals surface area contributed by atoms with Crippen LogP contribution in [0.25, 0.3) is 0 Å². The molecule has 1 fully saturated rings. The minimum absolute atomic E-state index is 0.00756. The van der Waals surface area contributed by atoms with Gasteiger partial charge in [0.25, 0.3) is 0 Å². The monoisotopic (exact) mass is 273 g/mol. The first-order valence-corrected chi connectivity index (χ1v) is 7.00. The molecular formula is C13H14F3NS. The molecule has 0 aliphatic carbocycles. The van der Waals surface area contributed by atoms with Crippen LogP contribution in [0.2, 0.25) is 0 Å². The van der Waals surface area contributed by atoms with Gasteiger partial charge in [0.2, 0.25) is 0 Å². The molecule has 0 unspecified atom stereocenters. The van der Waals surface area contributed by atoms with E-state index < -0.39 is 11.4 Å². The minimum Gasteiger partial charge on any atom is -0.359 e. The van der Waals surface area contributed by atoms with Crippen molar-refractivity contribution in [1.82, 2.24) is 0 Å². The summed E-state index contributed by atoms with van der Waals surface area (Å²) in [6.45, 7) is 2.72. The maximum atomic E-state index is 13.2. The molecule has 0 aromatic heterocycles. The van der Waals surface area contributed by atoms with E-state index in [1.54, 1.807) is 6.07 Å². The van der Waals surface area contributed by atoms with Crippen molar-refractivity contribution in [2.24, 2.45) is 0 Å². The molecule has 2 atom stereocenters. The molecule has 0 saturated carbocycles. The van der Waals surface area contributed by atoms with Gasteiger partial charge in [-0.1, -0.05) is 17.7 Å². The molecule has 1 aromatic rings. The van der Waals surface area contributed by atoms with Crippen molar-refractivity contribution in [3.8, 4) is 0 Å². The number of thioether (sulfide) groups is 1. The van der Waals surface area contributed by atoms with E-state index in [4.69, 9.17) is 0 Å². The third kappa shape index (κ3) is 1.88. The fraction of sp³-hybridized carbons (Fsp3) is 0.538. The number of alkyl halides is 3. The Morgan fingerprint density at radius 3 is 2.83 bits per heavy atom. The van der Waals surface area contributed by atoms with Crippen LogP contribution in [-0.2, 0) is 0 Å². The van der Waals surface area contributed by atoms with Crippen LogP contribution in [0.4, 0.5) is 18.9 Å². The molecule has 0 amide bonds. The molecule has 5 heteroatoms. The van der Waals surface area contributed by atoms with Crippen molar-refractivity contribution in [2.45, 2.75) is 36.6 Å². The molecule has 1 aromatic carbocycles. The molecule has 2 heterocycles. The Kier molecular flexibility index (Phi) is 2.77. The lowest BCUT2D eigenvalue weighted by atomic mass is 10.0. The van der Waals surface area contributed by atoms with Gasteiger partial charge < -0.3 is 4.90 Å². The summed E-state index contributed by atoms with van der Waals surface area (Å²) in [7, 11) is 0. The van der Waals surface area contributed by atoms with Crippen LogP contribution in [0.5, 0.6) is 0 Å². The molecule has 0 N–H and O–H groups in total. The average Bonchev–Trinajstić information content (AvgIpc) is 2.74. The van der Waals surface area contributed by atoms with Crippen molar-refractivity contribution in [3.63, 3.8) is 0 Å². The Hall–Kier alpha value is -0.840. The Morgan fingerprint density at radius 1 is 1.33 bits per heavy atom. The van der Waals surface area contributed by atoms with Crippen molar-refractivity contribution in [1.29, 1.82) is 0 Å². The fourth-order valence-corrected chi connectivity index (χ4v) is 4.26. The summed E-state index contributed by atoms with van der Waals surface area (Å²) < 4.78 is 39.5. The maximum absolute atomic E-state index is 13.2. The highest BCUT2D eigenvalue weighted by Gasteiger charge is 2.48. The SMILES string of the molecule is Cc1ccc2c(c1)[C@H](C(F)(F)F)S[C@H]1CCCN21. The van der Waals surface area contributed by atoms with Crippen LogP contribution >= 0.6 is 11.8 Å². The molecule has 3 rings (SSSR count). The number of anilines is 1. The number of fused-ring (bicyclic) bond motifs is 3. The van der Waals surface area contributed by atoms with Crippen molar-refractivity contribution >= 4 is 17.4 Å². The molecule has 0 radical (unpaired) electrons. The van der Waals surface area contributed by atoms with Gasteiger partial charge >= 0.3 is 6.18 Å². The quantitative estimate of drug-likeness (QED) is 0.694. The van der Waals surface area contributed by atoms with Gasteiger partial charge in [0.15, 0.2) is 0 Å². The van der Waals surface area contributed by atoms with Gasteiger partial charge in [-0.25, -0.2) is 0 Å². The summed E-state index contributed by atoms with van der Waals surface area (Å²) in [5.41, 5.74) is 2.11. The first kappa shape index (κ1) is 12.2. The number of aryl methyl sites for hydroxylation is 1. The van der Waals surface area contributed by atoms with E-state index in [1.165, 1.54) is 0 Å². The summed E-state index contributed by atoms with van der Waals surface area (Å²) in [5.74, 6) is 0. The number of benzene rings is 1. The van der Waals surface area contributed by atoms with Crippen LogP contribution in [0.1, 0.15) is 29.2 Å². The predicted octanol–water partition coefficient (Wildman–Crippen LogP) is 4.27. The zero-order chi connectivity index (χ0) is 12.9. The van der Waals surface area contributed by atoms with Crippen LogP contribution in [-0.4, -0.2) is 18.1 Å². The van der Waals surface area contributed by atoms with Crippen molar-refractivity contribution in [2.75, 3.05) is 11.4 Å². The third-order valence-corrected chi connectivity index (χ3v) is 5.16. The van der Waals surface area contributed by atoms with E-state index >= 15 is 0 Å². The first-order chi connectivity index (χ1) is 8.47. The smallest absolute Gasteiger partial charge is 0.359 e. The average molecular weight is 273 g/mol. The second kappa shape index (κ2) is 4.08. The van der Waals surface area contributed by atoms with Gasteiger partial charge in [-0.2, -0.15) is 13.2 Å². The number of rotatable bonds is 0. The second-order valence-electron chi connectivity index (χ2n) is 4.91. The predicted molar refractivity (Wildman–Crippen MR) is 67.9 cm³/mol. The Balaban J connectivity index is 2.11. The van der Waals surface area contributed by atoms with Crippen LogP contribution in [0, 0.1) is 6.92 Å². The van der Waals surface area contributed by atoms with E-state index in [9.17, 15) is 13.2 Å². The summed E-state index contributed by atoms with van der Waals surface area (Å²) >= 11 is 1.06. The van der Waals surface area contributed by atoms with E-state index in [2.05, 4.69) is 4.90 Å². The lowest BCUT2D eigenvalue weighted by molar-refractivity contribution is -0.130. The van der Waals surface area contributed by atoms with Gasteiger partial charge in [0.1, 0.15) is 5.25 Å². The zero-order valence-electron chi connectivity index (χ0n) is 10.00. The third-order valence-electron chi connectivity index (χ3n) is 3.56. The first-order valence-electron chi connectivity index (χ1n) is 6.06. The molecule has 2 aliphatic rings. The van der Waals surface area contributed by atoms with Crippen molar-refractivity contribution < 1.29 is 13.2 Å². The molecule has 18 heavy (non-hydrogen) atoms. The van der Waals surface area contributed by atoms with E-state index in [-0.39, 0.29) is 5.37 Å². The standard InChI is InChI=1S/C13H14F3NS/c1-8-4-5-10-9(7-8)12(13(14,15)16)18-11-3-2-6-17(10)11/h4-5,7,11-12H,2-3,6H2,1H3/t11-,12+/m0/s1. The van der Waals surface area contributed by atoms with E-state index in [1.807, 2.05) is 19.1 Å². The van der Waals surface area contributed by atoms with Crippen LogP contribution < -0.4 is 4.90 Å². The highest BCUT2D eigenvalue weighted by atomic mass is 32.2. The summed E-state index contributed by atoms with van der Waals surface area (Å²) in [5, 5.41) is -1.38. The number of hydrogen-bond donors (Lipinski definition) is 0. The number of hydrogen-bond acceptors (Lipinski definition) is 2. The Labute approximate surface area is 108 Å². The normalized spacial score (nSPS) is 27.0. The molecule has 1 saturated heterocycles. The molecular weight excluding hydrogens is 259 g/mol. The number of nitrogens with zero attached hydrogens (tertiary/aromatic N) is 1. The molecule has 98 valence electrons. The minimum atomic E-state index is -4.16. The Bertz CT molecular complexity index is 472. The summed E-state index contributed by atoms with van der Waals surface area (Å²) in [4.78, 5) is 2.13. The largest absolute Gasteiger partial charge is 0.404 e.